The van der Waals surface area contributed by atoms with E-state index in [4.69, 9.17) is 5.11 Å². The molecule has 0 saturated carbocycles. The van der Waals surface area contributed by atoms with Crippen molar-refractivity contribution in [1.82, 2.24) is 20.4 Å². The topological polar surface area (TPSA) is 125 Å². The summed E-state index contributed by atoms with van der Waals surface area (Å²) in [5.41, 5.74) is 2.58. The highest BCUT2D eigenvalue weighted by molar-refractivity contribution is 7.13. The van der Waals surface area contributed by atoms with Gasteiger partial charge in [-0.1, -0.05) is 23.5 Å². The van der Waals surface area contributed by atoms with Crippen LogP contribution in [0.4, 0.5) is 9.93 Å². The highest BCUT2D eigenvalue weighted by atomic mass is 32.1. The monoisotopic (exact) mass is 389 g/mol. The van der Waals surface area contributed by atoms with Gasteiger partial charge in [0.2, 0.25) is 11.0 Å². The van der Waals surface area contributed by atoms with Gasteiger partial charge in [-0.15, -0.1) is 10.2 Å². The number of hydrogen-bond donors (Lipinski definition) is 3. The molecule has 1 aromatic carbocycles. The Balaban J connectivity index is 1.43. The molecule has 1 aromatic heterocycles. The Labute approximate surface area is 159 Å². The number of hydrogen-bond acceptors (Lipinski definition) is 6. The number of piperidine rings is 1. The number of urea groups is 1. The van der Waals surface area contributed by atoms with Gasteiger partial charge in [0.05, 0.1) is 5.56 Å². The molecule has 0 aliphatic carbocycles. The smallest absolute Gasteiger partial charge is 0.335 e. The first-order valence-electron chi connectivity index (χ1n) is 8.45. The Kier molecular flexibility index (Phi) is 5.97. The summed E-state index contributed by atoms with van der Waals surface area (Å²) in [4.78, 5) is 37.0. The number of amides is 3. The standard InChI is InChI=1S/C17H19N5O4S/c23-14(20-16-21-19-10-27-16)12-5-7-22(8-6-12)17(26)18-9-11-1-3-13(4-2-11)15(24)25/h1-4,10,12H,5-9H2,(H,18,26)(H,24,25)(H,20,21,23). The van der Waals surface area contributed by atoms with Crippen LogP contribution in [0.1, 0.15) is 28.8 Å². The average Bonchev–Trinajstić information content (AvgIpc) is 3.19. The molecular weight excluding hydrogens is 370 g/mol. The van der Waals surface area contributed by atoms with Crippen LogP contribution < -0.4 is 10.6 Å². The first-order valence-corrected chi connectivity index (χ1v) is 9.33. The second kappa shape index (κ2) is 8.58. The van der Waals surface area contributed by atoms with Crippen LogP contribution in [0.5, 0.6) is 0 Å². The van der Waals surface area contributed by atoms with Crippen molar-refractivity contribution in [2.45, 2.75) is 19.4 Å². The third-order valence-electron chi connectivity index (χ3n) is 4.39. The maximum Gasteiger partial charge on any atom is 0.335 e. The number of aromatic carboxylic acids is 1. The van der Waals surface area contributed by atoms with Gasteiger partial charge in [0.25, 0.3) is 0 Å². The molecule has 1 aliphatic rings. The fourth-order valence-corrected chi connectivity index (χ4v) is 3.28. The van der Waals surface area contributed by atoms with Crippen LogP contribution in [-0.4, -0.2) is 51.2 Å². The maximum absolute atomic E-state index is 12.3. The maximum atomic E-state index is 12.3. The van der Waals surface area contributed by atoms with Crippen molar-refractivity contribution in [3.05, 3.63) is 40.9 Å². The Morgan fingerprint density at radius 3 is 2.48 bits per heavy atom. The lowest BCUT2D eigenvalue weighted by molar-refractivity contribution is -0.121. The van der Waals surface area contributed by atoms with Crippen molar-refractivity contribution < 1.29 is 19.5 Å². The van der Waals surface area contributed by atoms with E-state index in [0.717, 1.165) is 5.56 Å². The van der Waals surface area contributed by atoms with E-state index >= 15 is 0 Å². The number of carbonyl (C=O) groups excluding carboxylic acids is 2. The van der Waals surface area contributed by atoms with Crippen molar-refractivity contribution >= 4 is 34.4 Å². The van der Waals surface area contributed by atoms with Gasteiger partial charge in [-0.25, -0.2) is 9.59 Å². The largest absolute Gasteiger partial charge is 0.478 e. The van der Waals surface area contributed by atoms with Crippen LogP contribution in [-0.2, 0) is 11.3 Å². The number of nitrogens with zero attached hydrogens (tertiary/aromatic N) is 3. The lowest BCUT2D eigenvalue weighted by Gasteiger charge is -2.31. The molecule has 1 aliphatic heterocycles. The number of carboxylic acid groups (broad SMARTS) is 1. The summed E-state index contributed by atoms with van der Waals surface area (Å²) in [6, 6.07) is 6.17. The molecule has 27 heavy (non-hydrogen) atoms. The summed E-state index contributed by atoms with van der Waals surface area (Å²) in [5, 5.41) is 22.4. The van der Waals surface area contributed by atoms with E-state index in [0.29, 0.717) is 37.6 Å². The summed E-state index contributed by atoms with van der Waals surface area (Å²) in [5.74, 6) is -1.23. The normalized spacial score (nSPS) is 14.6. The van der Waals surface area contributed by atoms with Crippen LogP contribution in [0.15, 0.2) is 29.8 Å². The van der Waals surface area contributed by atoms with Crippen LogP contribution in [0.3, 0.4) is 0 Å². The molecule has 1 saturated heterocycles. The molecule has 3 amide bonds. The third kappa shape index (κ3) is 5.00. The van der Waals surface area contributed by atoms with Crippen LogP contribution in [0.25, 0.3) is 0 Å². The zero-order valence-corrected chi connectivity index (χ0v) is 15.2. The van der Waals surface area contributed by atoms with Crippen molar-refractivity contribution in [1.29, 1.82) is 0 Å². The van der Waals surface area contributed by atoms with Crippen LogP contribution in [0.2, 0.25) is 0 Å². The average molecular weight is 389 g/mol. The predicted octanol–water partition coefficient (Wildman–Crippen LogP) is 1.80. The Bertz CT molecular complexity index is 801. The molecule has 3 N–H and O–H groups in total. The predicted molar refractivity (Wildman–Crippen MR) is 98.5 cm³/mol. The summed E-state index contributed by atoms with van der Waals surface area (Å²) in [7, 11) is 0. The number of carboxylic acids is 1. The van der Waals surface area contributed by atoms with Gasteiger partial charge in [0.1, 0.15) is 5.51 Å². The molecule has 0 unspecified atom stereocenters. The van der Waals surface area contributed by atoms with Crippen LogP contribution in [0, 0.1) is 5.92 Å². The minimum atomic E-state index is -0.983. The fourth-order valence-electron chi connectivity index (χ4n) is 2.83. The number of likely N-dealkylation sites (tertiary alicyclic amines) is 1. The molecule has 0 atom stereocenters. The van der Waals surface area contributed by atoms with E-state index in [9.17, 15) is 14.4 Å². The summed E-state index contributed by atoms with van der Waals surface area (Å²) >= 11 is 1.27. The molecule has 3 rings (SSSR count). The summed E-state index contributed by atoms with van der Waals surface area (Å²) < 4.78 is 0. The van der Waals surface area contributed by atoms with E-state index in [1.165, 1.54) is 23.5 Å². The Morgan fingerprint density at radius 1 is 1.19 bits per heavy atom. The van der Waals surface area contributed by atoms with E-state index in [1.807, 2.05) is 0 Å². The van der Waals surface area contributed by atoms with Gasteiger partial charge in [-0.3, -0.25) is 4.79 Å². The van der Waals surface area contributed by atoms with Gasteiger partial charge in [0.15, 0.2) is 0 Å². The van der Waals surface area contributed by atoms with Gasteiger partial charge in [-0.05, 0) is 30.5 Å². The molecule has 9 nitrogen and oxygen atoms in total. The molecule has 0 radical (unpaired) electrons. The van der Waals surface area contributed by atoms with Gasteiger partial charge in [-0.2, -0.15) is 0 Å². The van der Waals surface area contributed by atoms with E-state index in [1.54, 1.807) is 22.5 Å². The van der Waals surface area contributed by atoms with Crippen molar-refractivity contribution in [2.24, 2.45) is 5.92 Å². The van der Waals surface area contributed by atoms with Gasteiger partial charge in [0, 0.05) is 25.6 Å². The SMILES string of the molecule is O=C(O)c1ccc(CNC(=O)N2CCC(C(=O)Nc3nncs3)CC2)cc1. The zero-order chi connectivity index (χ0) is 19.2. The molecule has 142 valence electrons. The number of benzene rings is 1. The Hall–Kier alpha value is -3.01. The first kappa shape index (κ1) is 18.8. The second-order valence-corrected chi connectivity index (χ2v) is 6.99. The molecule has 0 bridgehead atoms. The lowest BCUT2D eigenvalue weighted by atomic mass is 9.96. The minimum Gasteiger partial charge on any atom is -0.478 e. The van der Waals surface area contributed by atoms with E-state index < -0.39 is 5.97 Å². The van der Waals surface area contributed by atoms with E-state index in [2.05, 4.69) is 20.8 Å². The number of carbonyl (C=O) groups is 3. The molecule has 2 aromatic rings. The third-order valence-corrected chi connectivity index (χ3v) is 4.99. The van der Waals surface area contributed by atoms with Crippen molar-refractivity contribution in [3.8, 4) is 0 Å². The molecule has 10 heteroatoms. The highest BCUT2D eigenvalue weighted by Gasteiger charge is 2.27. The molecule has 0 spiro atoms. The number of anilines is 1. The van der Waals surface area contributed by atoms with Gasteiger partial charge >= 0.3 is 12.0 Å². The summed E-state index contributed by atoms with van der Waals surface area (Å²) in [6.45, 7) is 1.31. The zero-order valence-electron chi connectivity index (χ0n) is 14.4. The number of rotatable bonds is 5. The number of nitrogens with one attached hydrogen (secondary N) is 2. The quantitative estimate of drug-likeness (QED) is 0.716. The van der Waals surface area contributed by atoms with Gasteiger partial charge < -0.3 is 20.6 Å². The van der Waals surface area contributed by atoms with E-state index in [-0.39, 0.29) is 23.4 Å². The van der Waals surface area contributed by atoms with Crippen molar-refractivity contribution in [2.75, 3.05) is 18.4 Å². The fraction of sp³-hybridized carbons (Fsp3) is 0.353. The lowest BCUT2D eigenvalue weighted by Crippen LogP contribution is -2.45. The molecule has 1 fully saturated rings. The summed E-state index contributed by atoms with van der Waals surface area (Å²) in [6.07, 6.45) is 1.18. The molecular formula is C17H19N5O4S. The second-order valence-electron chi connectivity index (χ2n) is 6.16. The minimum absolute atomic E-state index is 0.0923. The van der Waals surface area contributed by atoms with Crippen molar-refractivity contribution in [3.63, 3.8) is 0 Å². The Morgan fingerprint density at radius 2 is 1.89 bits per heavy atom. The highest BCUT2D eigenvalue weighted by Crippen LogP contribution is 2.20. The number of aromatic nitrogens is 2. The first-order chi connectivity index (χ1) is 13.0. The molecule has 2 heterocycles. The van der Waals surface area contributed by atoms with Crippen LogP contribution >= 0.6 is 11.3 Å².